The van der Waals surface area contributed by atoms with Gasteiger partial charge in [-0.1, -0.05) is 71.8 Å². The van der Waals surface area contributed by atoms with Gasteiger partial charge in [0.25, 0.3) is 5.56 Å². The third-order valence-corrected chi connectivity index (χ3v) is 6.66. The molecule has 9 heteroatoms. The fourth-order valence-corrected chi connectivity index (χ4v) is 5.16. The van der Waals surface area contributed by atoms with E-state index in [2.05, 4.69) is 4.99 Å². The van der Waals surface area contributed by atoms with Gasteiger partial charge in [0.1, 0.15) is 0 Å². The lowest BCUT2D eigenvalue weighted by Crippen LogP contribution is -2.40. The molecule has 0 fully saturated rings. The van der Waals surface area contributed by atoms with E-state index in [0.29, 0.717) is 32.6 Å². The maximum absolute atomic E-state index is 13.5. The molecule has 3 aromatic rings. The first-order valence-electron chi connectivity index (χ1n) is 9.71. The van der Waals surface area contributed by atoms with E-state index < -0.39 is 12.0 Å². The van der Waals surface area contributed by atoms with Gasteiger partial charge >= 0.3 is 5.97 Å². The van der Waals surface area contributed by atoms with E-state index in [1.54, 1.807) is 6.08 Å². The zero-order valence-electron chi connectivity index (χ0n) is 17.1. The molecule has 4 rings (SSSR count). The molecule has 0 spiro atoms. The molecule has 0 aliphatic carbocycles. The highest BCUT2D eigenvalue weighted by Gasteiger charge is 2.33. The summed E-state index contributed by atoms with van der Waals surface area (Å²) in [6.45, 7) is 1.90. The van der Waals surface area contributed by atoms with Crippen LogP contribution in [0.4, 0.5) is 0 Å². The Balaban J connectivity index is 2.00. The van der Waals surface area contributed by atoms with Gasteiger partial charge in [0, 0.05) is 0 Å². The van der Waals surface area contributed by atoms with Gasteiger partial charge in [-0.05, 0) is 35.8 Å². The van der Waals surface area contributed by atoms with Crippen molar-refractivity contribution >= 4 is 46.6 Å². The Morgan fingerprint density at radius 3 is 2.50 bits per heavy atom. The average Bonchev–Trinajstić information content (AvgIpc) is 3.10. The number of methoxy groups -OCH3 is 1. The first kappa shape index (κ1) is 22.3. The van der Waals surface area contributed by atoms with E-state index in [0.717, 1.165) is 5.56 Å². The Hall–Kier alpha value is -2.87. The molecule has 0 unspecified atom stereocenters. The molecule has 6 nitrogen and oxygen atoms in total. The monoisotopic (exact) mass is 488 g/mol. The molecule has 0 radical (unpaired) electrons. The molecule has 0 saturated carbocycles. The summed E-state index contributed by atoms with van der Waals surface area (Å²) in [5.41, 5.74) is 1.95. The molecule has 0 amide bonds. The second kappa shape index (κ2) is 8.94. The summed E-state index contributed by atoms with van der Waals surface area (Å²) in [4.78, 5) is 31.3. The third-order valence-electron chi connectivity index (χ3n) is 5.10. The summed E-state index contributed by atoms with van der Waals surface area (Å²) >= 11 is 13.3. The maximum Gasteiger partial charge on any atom is 0.338 e. The molecule has 2 heterocycles. The number of nitrogens with zero attached hydrogens (tertiary/aromatic N) is 2. The van der Waals surface area contributed by atoms with Crippen LogP contribution in [0.2, 0.25) is 10.0 Å². The Labute approximate surface area is 197 Å². The van der Waals surface area contributed by atoms with Crippen LogP contribution in [0.15, 0.2) is 63.5 Å². The molecule has 1 N–H and O–H groups in total. The van der Waals surface area contributed by atoms with Crippen molar-refractivity contribution in [3.05, 3.63) is 94.6 Å². The van der Waals surface area contributed by atoms with E-state index in [1.165, 1.54) is 35.1 Å². The van der Waals surface area contributed by atoms with Crippen LogP contribution in [0.1, 0.15) is 30.5 Å². The summed E-state index contributed by atoms with van der Waals surface area (Å²) in [5, 5.41) is 9.97. The minimum absolute atomic E-state index is 0.0833. The number of carbonyl (C=O) groups is 1. The van der Waals surface area contributed by atoms with Crippen molar-refractivity contribution in [2.24, 2.45) is 4.99 Å². The first-order chi connectivity index (χ1) is 15.3. The highest BCUT2D eigenvalue weighted by molar-refractivity contribution is 7.07. The van der Waals surface area contributed by atoms with Gasteiger partial charge in [-0.25, -0.2) is 9.79 Å². The minimum Gasteiger partial charge on any atom is -0.505 e. The first-order valence-corrected chi connectivity index (χ1v) is 11.3. The zero-order valence-corrected chi connectivity index (χ0v) is 19.5. The molecular weight excluding hydrogens is 471 g/mol. The third kappa shape index (κ3) is 3.88. The molecule has 1 aromatic heterocycles. The Bertz CT molecular complexity index is 1400. The second-order valence-electron chi connectivity index (χ2n) is 7.03. The van der Waals surface area contributed by atoms with Crippen molar-refractivity contribution in [3.8, 4) is 5.75 Å². The number of hydrogen-bond acceptors (Lipinski definition) is 6. The van der Waals surface area contributed by atoms with Gasteiger partial charge in [-0.3, -0.25) is 9.36 Å². The van der Waals surface area contributed by atoms with Crippen LogP contribution in [-0.4, -0.2) is 22.8 Å². The molecule has 32 heavy (non-hydrogen) atoms. The van der Waals surface area contributed by atoms with Crippen molar-refractivity contribution in [1.29, 1.82) is 0 Å². The number of rotatable bonds is 4. The van der Waals surface area contributed by atoms with E-state index in [4.69, 9.17) is 27.9 Å². The molecule has 1 aliphatic heterocycles. The minimum atomic E-state index is -0.663. The highest BCUT2D eigenvalue weighted by Crippen LogP contribution is 2.33. The fourth-order valence-electron chi connectivity index (χ4n) is 3.63. The number of benzene rings is 2. The SMILES string of the molecule is CCC1=C(C(=O)OC)[C@@H](c2ccccc2)n2c(s/c(=C\c3cc(Cl)c(O)c(Cl)c3)c2=O)=N1. The number of allylic oxidation sites excluding steroid dienone is 1. The number of phenols is 1. The van der Waals surface area contributed by atoms with Gasteiger partial charge in [-0.15, -0.1) is 0 Å². The maximum atomic E-state index is 13.5. The molecule has 1 aliphatic rings. The number of ether oxygens (including phenoxy) is 1. The molecular formula is C23H18Cl2N2O4S. The van der Waals surface area contributed by atoms with Gasteiger partial charge < -0.3 is 9.84 Å². The molecule has 164 valence electrons. The Morgan fingerprint density at radius 2 is 1.91 bits per heavy atom. The predicted molar refractivity (Wildman–Crippen MR) is 125 cm³/mol. The van der Waals surface area contributed by atoms with Gasteiger partial charge in [-0.2, -0.15) is 0 Å². The van der Waals surface area contributed by atoms with Crippen molar-refractivity contribution < 1.29 is 14.6 Å². The number of thiazole rings is 1. The number of carbonyl (C=O) groups excluding carboxylic acids is 1. The van der Waals surface area contributed by atoms with Crippen molar-refractivity contribution in [2.75, 3.05) is 7.11 Å². The van der Waals surface area contributed by atoms with Crippen LogP contribution in [0.3, 0.4) is 0 Å². The number of hydrogen-bond donors (Lipinski definition) is 1. The summed E-state index contributed by atoms with van der Waals surface area (Å²) in [5.74, 6) is -0.739. The summed E-state index contributed by atoms with van der Waals surface area (Å²) < 4.78 is 6.95. The smallest absolute Gasteiger partial charge is 0.338 e. The Morgan fingerprint density at radius 1 is 1.25 bits per heavy atom. The van der Waals surface area contributed by atoms with Gasteiger partial charge in [0.15, 0.2) is 10.6 Å². The molecule has 0 bridgehead atoms. The lowest BCUT2D eigenvalue weighted by atomic mass is 9.95. The summed E-state index contributed by atoms with van der Waals surface area (Å²) in [6.07, 6.45) is 2.14. The number of esters is 1. The lowest BCUT2D eigenvalue weighted by molar-refractivity contribution is -0.136. The van der Waals surface area contributed by atoms with Crippen LogP contribution >= 0.6 is 34.5 Å². The lowest BCUT2D eigenvalue weighted by Gasteiger charge is -2.25. The van der Waals surface area contributed by atoms with E-state index in [1.807, 2.05) is 37.3 Å². The molecule has 2 aromatic carbocycles. The summed E-state index contributed by atoms with van der Waals surface area (Å²) in [6, 6.07) is 11.7. The average molecular weight is 489 g/mol. The predicted octanol–water partition coefficient (Wildman–Crippen LogP) is 3.81. The van der Waals surface area contributed by atoms with Crippen LogP contribution in [-0.2, 0) is 9.53 Å². The van der Waals surface area contributed by atoms with Crippen molar-refractivity contribution in [2.45, 2.75) is 19.4 Å². The van der Waals surface area contributed by atoms with E-state index >= 15 is 0 Å². The summed E-state index contributed by atoms with van der Waals surface area (Å²) in [7, 11) is 1.31. The number of aromatic nitrogens is 1. The van der Waals surface area contributed by atoms with Gasteiger partial charge in [0.05, 0.1) is 39.0 Å². The highest BCUT2D eigenvalue weighted by atomic mass is 35.5. The fraction of sp³-hybridized carbons (Fsp3) is 0.174. The quantitative estimate of drug-likeness (QED) is 0.566. The van der Waals surface area contributed by atoms with Crippen LogP contribution in [0.25, 0.3) is 6.08 Å². The largest absolute Gasteiger partial charge is 0.505 e. The van der Waals surface area contributed by atoms with Crippen LogP contribution < -0.4 is 14.9 Å². The topological polar surface area (TPSA) is 80.9 Å². The second-order valence-corrected chi connectivity index (χ2v) is 8.86. The molecule has 0 saturated heterocycles. The molecule has 1 atom stereocenters. The normalized spacial score (nSPS) is 16.0. The Kier molecular flexibility index (Phi) is 6.24. The standard InChI is InChI=1S/C23H18Cl2N2O4S/c1-3-16-18(22(30)31-2)19(13-7-5-4-6-8-13)27-21(29)17(32-23(27)26-16)11-12-9-14(24)20(28)15(25)10-12/h4-11,19,28H,3H2,1-2H3/b17-11-/t19-/m1/s1. The number of halogens is 2. The zero-order chi connectivity index (χ0) is 23.0. The number of phenolic OH excluding ortho intramolecular Hbond substituents is 1. The van der Waals surface area contributed by atoms with E-state index in [9.17, 15) is 14.7 Å². The van der Waals surface area contributed by atoms with Crippen molar-refractivity contribution in [1.82, 2.24) is 4.57 Å². The van der Waals surface area contributed by atoms with Crippen molar-refractivity contribution in [3.63, 3.8) is 0 Å². The van der Waals surface area contributed by atoms with E-state index in [-0.39, 0.29) is 21.4 Å². The van der Waals surface area contributed by atoms with Crippen LogP contribution in [0.5, 0.6) is 5.75 Å². The van der Waals surface area contributed by atoms with Gasteiger partial charge in [0.2, 0.25) is 0 Å². The number of fused-ring (bicyclic) bond motifs is 1. The van der Waals surface area contributed by atoms with Crippen LogP contribution in [0, 0.1) is 0 Å². The number of aromatic hydroxyl groups is 1.